The minimum Gasteiger partial charge on any atom is -0.456 e. The topological polar surface area (TPSA) is 85.4 Å². The number of carbonyl (C=O) groups excluding carboxylic acids is 1. The largest absolute Gasteiger partial charge is 0.456 e. The van der Waals surface area contributed by atoms with E-state index in [0.717, 1.165) is 0 Å². The summed E-state index contributed by atoms with van der Waals surface area (Å²) in [6.45, 7) is 4.22. The smallest absolute Gasteiger partial charge is 0.280 e. The zero-order valence-electron chi connectivity index (χ0n) is 15.6. The van der Waals surface area contributed by atoms with Crippen molar-refractivity contribution in [3.8, 4) is 11.3 Å². The molecule has 0 saturated heterocycles. The van der Waals surface area contributed by atoms with Crippen molar-refractivity contribution in [2.45, 2.75) is 19.8 Å². The van der Waals surface area contributed by atoms with E-state index in [4.69, 9.17) is 4.42 Å². The van der Waals surface area contributed by atoms with Crippen LogP contribution in [0.1, 0.15) is 31.1 Å². The average Bonchev–Trinajstić information content (AvgIpc) is 3.15. The summed E-state index contributed by atoms with van der Waals surface area (Å²) in [5.74, 6) is 0.939. The number of hydrogen-bond donors (Lipinski definition) is 1. The molecule has 0 saturated carbocycles. The predicted molar refractivity (Wildman–Crippen MR) is 109 cm³/mol. The summed E-state index contributed by atoms with van der Waals surface area (Å²) in [5, 5.41) is 13.9. The van der Waals surface area contributed by atoms with Crippen LogP contribution < -0.4 is 5.32 Å². The van der Waals surface area contributed by atoms with Gasteiger partial charge in [0.1, 0.15) is 11.5 Å². The molecule has 0 aliphatic carbocycles. The number of benzene rings is 2. The number of anilines is 1. The number of rotatable bonds is 6. The van der Waals surface area contributed by atoms with E-state index < -0.39 is 4.92 Å². The molecule has 0 aliphatic heterocycles. The predicted octanol–water partition coefficient (Wildman–Crippen LogP) is 5.63. The van der Waals surface area contributed by atoms with Crippen molar-refractivity contribution in [1.82, 2.24) is 0 Å². The lowest BCUT2D eigenvalue weighted by atomic mass is 10.0. The normalized spacial score (nSPS) is 11.1. The number of nitrogens with zero attached hydrogens (tertiary/aromatic N) is 1. The lowest BCUT2D eigenvalue weighted by molar-refractivity contribution is -0.384. The van der Waals surface area contributed by atoms with Crippen molar-refractivity contribution in [2.75, 3.05) is 5.32 Å². The van der Waals surface area contributed by atoms with Gasteiger partial charge in [0.25, 0.3) is 5.69 Å². The van der Waals surface area contributed by atoms with Gasteiger partial charge in [-0.05, 0) is 47.9 Å². The number of para-hydroxylation sites is 1. The Hall–Kier alpha value is -3.67. The molecule has 1 amide bonds. The molecule has 6 heteroatoms. The molecule has 0 aliphatic rings. The van der Waals surface area contributed by atoms with Gasteiger partial charge in [-0.15, -0.1) is 0 Å². The molecular weight excluding hydrogens is 356 g/mol. The third-order valence-electron chi connectivity index (χ3n) is 4.24. The van der Waals surface area contributed by atoms with E-state index in [9.17, 15) is 14.9 Å². The highest BCUT2D eigenvalue weighted by Gasteiger charge is 2.16. The maximum Gasteiger partial charge on any atom is 0.280 e. The Morgan fingerprint density at radius 3 is 2.46 bits per heavy atom. The Bertz CT molecular complexity index is 1020. The summed E-state index contributed by atoms with van der Waals surface area (Å²) in [7, 11) is 0. The van der Waals surface area contributed by atoms with Crippen molar-refractivity contribution >= 4 is 23.4 Å². The number of nitrogens with one attached hydrogen (secondary N) is 1. The molecule has 28 heavy (non-hydrogen) atoms. The second-order valence-electron chi connectivity index (χ2n) is 6.58. The van der Waals surface area contributed by atoms with Crippen LogP contribution in [-0.4, -0.2) is 10.8 Å². The first-order valence-corrected chi connectivity index (χ1v) is 8.86. The number of nitro benzene ring substituents is 1. The summed E-state index contributed by atoms with van der Waals surface area (Å²) in [5.41, 5.74) is 2.27. The Balaban J connectivity index is 1.68. The number of hydrogen-bond acceptors (Lipinski definition) is 4. The molecule has 0 bridgehead atoms. The summed E-state index contributed by atoms with van der Waals surface area (Å²) in [6, 6.07) is 17.3. The SMILES string of the molecule is CC(C)c1ccc(NC(=O)/C=C/c2ccc(-c3ccccc3[N+](=O)[O-])o2)cc1. The van der Waals surface area contributed by atoms with Crippen LogP contribution in [0.2, 0.25) is 0 Å². The van der Waals surface area contributed by atoms with Gasteiger partial charge >= 0.3 is 0 Å². The highest BCUT2D eigenvalue weighted by atomic mass is 16.6. The Morgan fingerprint density at radius 2 is 1.79 bits per heavy atom. The van der Waals surface area contributed by atoms with Gasteiger partial charge < -0.3 is 9.73 Å². The van der Waals surface area contributed by atoms with Crippen molar-refractivity contribution in [1.29, 1.82) is 0 Å². The van der Waals surface area contributed by atoms with E-state index >= 15 is 0 Å². The lowest BCUT2D eigenvalue weighted by Gasteiger charge is -2.07. The minimum absolute atomic E-state index is 0.0324. The van der Waals surface area contributed by atoms with Gasteiger partial charge in [0, 0.05) is 17.8 Å². The first-order chi connectivity index (χ1) is 13.4. The Morgan fingerprint density at radius 1 is 1.07 bits per heavy atom. The summed E-state index contributed by atoms with van der Waals surface area (Å²) >= 11 is 0. The molecule has 1 N–H and O–H groups in total. The summed E-state index contributed by atoms with van der Waals surface area (Å²) in [4.78, 5) is 22.8. The molecule has 1 heterocycles. The lowest BCUT2D eigenvalue weighted by Crippen LogP contribution is -2.07. The highest BCUT2D eigenvalue weighted by molar-refractivity contribution is 6.01. The van der Waals surface area contributed by atoms with Gasteiger partial charge in [0.05, 0.1) is 10.5 Å². The maximum atomic E-state index is 12.1. The van der Waals surface area contributed by atoms with Crippen LogP contribution in [0.4, 0.5) is 11.4 Å². The van der Waals surface area contributed by atoms with Crippen molar-refractivity contribution in [3.05, 3.63) is 88.2 Å². The second-order valence-corrected chi connectivity index (χ2v) is 6.58. The zero-order chi connectivity index (χ0) is 20.1. The van der Waals surface area contributed by atoms with Crippen LogP contribution in [0.3, 0.4) is 0 Å². The zero-order valence-corrected chi connectivity index (χ0v) is 15.6. The van der Waals surface area contributed by atoms with Crippen LogP contribution in [0, 0.1) is 10.1 Å². The molecule has 0 atom stereocenters. The molecule has 2 aromatic carbocycles. The molecule has 0 fully saturated rings. The first-order valence-electron chi connectivity index (χ1n) is 8.86. The highest BCUT2D eigenvalue weighted by Crippen LogP contribution is 2.31. The van der Waals surface area contributed by atoms with E-state index in [2.05, 4.69) is 19.2 Å². The van der Waals surface area contributed by atoms with Crippen LogP contribution in [0.5, 0.6) is 0 Å². The summed E-state index contributed by atoms with van der Waals surface area (Å²) < 4.78 is 5.63. The van der Waals surface area contributed by atoms with E-state index in [1.807, 2.05) is 24.3 Å². The van der Waals surface area contributed by atoms with Crippen LogP contribution in [0.15, 0.2) is 71.2 Å². The summed E-state index contributed by atoms with van der Waals surface area (Å²) in [6.07, 6.45) is 2.88. The Labute approximate surface area is 162 Å². The third-order valence-corrected chi connectivity index (χ3v) is 4.24. The molecule has 142 valence electrons. The van der Waals surface area contributed by atoms with Gasteiger partial charge in [-0.2, -0.15) is 0 Å². The molecule has 0 spiro atoms. The van der Waals surface area contributed by atoms with Crippen LogP contribution in [-0.2, 0) is 4.79 Å². The second kappa shape index (κ2) is 8.35. The molecule has 0 unspecified atom stereocenters. The van der Waals surface area contributed by atoms with E-state index in [1.54, 1.807) is 30.3 Å². The molecule has 6 nitrogen and oxygen atoms in total. The van der Waals surface area contributed by atoms with E-state index in [-0.39, 0.29) is 11.6 Å². The molecular formula is C22H20N2O4. The molecule has 3 aromatic rings. The minimum atomic E-state index is -0.453. The van der Waals surface area contributed by atoms with Gasteiger partial charge in [-0.1, -0.05) is 38.1 Å². The monoisotopic (exact) mass is 376 g/mol. The van der Waals surface area contributed by atoms with Crippen molar-refractivity contribution in [3.63, 3.8) is 0 Å². The van der Waals surface area contributed by atoms with Crippen molar-refractivity contribution in [2.24, 2.45) is 0 Å². The number of nitro groups is 1. The molecule has 3 rings (SSSR count). The fraction of sp³-hybridized carbons (Fsp3) is 0.136. The van der Waals surface area contributed by atoms with E-state index in [0.29, 0.717) is 28.7 Å². The molecule has 0 radical (unpaired) electrons. The van der Waals surface area contributed by atoms with Gasteiger partial charge in [0.2, 0.25) is 5.91 Å². The standard InChI is InChI=1S/C22H20N2O4/c1-15(2)16-7-9-17(10-8-16)23-22(25)14-12-18-11-13-21(28-18)19-5-3-4-6-20(19)24(26)27/h3-15H,1-2H3,(H,23,25)/b14-12+. The molecule has 1 aromatic heterocycles. The van der Waals surface area contributed by atoms with Gasteiger partial charge in [-0.3, -0.25) is 14.9 Å². The fourth-order valence-corrected chi connectivity index (χ4v) is 2.72. The number of amides is 1. The Kier molecular flexibility index (Phi) is 5.69. The maximum absolute atomic E-state index is 12.1. The van der Waals surface area contributed by atoms with Crippen molar-refractivity contribution < 1.29 is 14.1 Å². The van der Waals surface area contributed by atoms with Gasteiger partial charge in [0.15, 0.2) is 0 Å². The first kappa shape index (κ1) is 19.1. The number of furan rings is 1. The third kappa shape index (κ3) is 4.54. The van der Waals surface area contributed by atoms with E-state index in [1.165, 1.54) is 23.8 Å². The van der Waals surface area contributed by atoms with Gasteiger partial charge in [-0.25, -0.2) is 0 Å². The van der Waals surface area contributed by atoms with Crippen LogP contribution in [0.25, 0.3) is 17.4 Å². The fourth-order valence-electron chi connectivity index (χ4n) is 2.72. The van der Waals surface area contributed by atoms with Crippen LogP contribution >= 0.6 is 0 Å². The average molecular weight is 376 g/mol. The number of carbonyl (C=O) groups is 1. The quantitative estimate of drug-likeness (QED) is 0.343.